The quantitative estimate of drug-likeness (QED) is 0.788. The van der Waals surface area contributed by atoms with Gasteiger partial charge in [-0.25, -0.2) is 0 Å². The average Bonchev–Trinajstić information content (AvgIpc) is 2.60. The summed E-state index contributed by atoms with van der Waals surface area (Å²) >= 11 is 0. The standard InChI is InChI=1S/C16H22F2N2O4/c1-22-12-3-4-13(24-15(17)18)11(9-12)10-20-14(21)16(23-2)5-7-19-8-6-16/h3-4,9,15,19H,5-8,10H2,1-2H3,(H,20,21). The second kappa shape index (κ2) is 8.25. The van der Waals surface area contributed by atoms with E-state index in [0.717, 1.165) is 0 Å². The van der Waals surface area contributed by atoms with Crippen LogP contribution in [-0.2, 0) is 16.1 Å². The van der Waals surface area contributed by atoms with Crippen LogP contribution in [0.25, 0.3) is 0 Å². The minimum atomic E-state index is -2.94. The van der Waals surface area contributed by atoms with Crippen LogP contribution in [0.3, 0.4) is 0 Å². The number of nitrogens with one attached hydrogen (secondary N) is 2. The van der Waals surface area contributed by atoms with Crippen molar-refractivity contribution in [3.05, 3.63) is 23.8 Å². The molecule has 2 rings (SSSR count). The van der Waals surface area contributed by atoms with E-state index in [2.05, 4.69) is 15.4 Å². The number of ether oxygens (including phenoxy) is 3. The number of hydrogen-bond acceptors (Lipinski definition) is 5. The van der Waals surface area contributed by atoms with Gasteiger partial charge in [-0.1, -0.05) is 0 Å². The fraction of sp³-hybridized carbons (Fsp3) is 0.562. The van der Waals surface area contributed by atoms with Crippen LogP contribution in [0.15, 0.2) is 18.2 Å². The number of alkyl halides is 2. The van der Waals surface area contributed by atoms with Crippen LogP contribution in [0.5, 0.6) is 11.5 Å². The molecule has 1 aliphatic rings. The first kappa shape index (κ1) is 18.4. The molecule has 2 N–H and O–H groups in total. The molecule has 24 heavy (non-hydrogen) atoms. The fourth-order valence-corrected chi connectivity index (χ4v) is 2.72. The number of carbonyl (C=O) groups excluding carboxylic acids is 1. The molecule has 1 fully saturated rings. The minimum Gasteiger partial charge on any atom is -0.497 e. The molecular formula is C16H22F2N2O4. The normalized spacial score (nSPS) is 16.7. The lowest BCUT2D eigenvalue weighted by Crippen LogP contribution is -2.53. The molecule has 1 aliphatic heterocycles. The second-order valence-electron chi connectivity index (χ2n) is 5.48. The van der Waals surface area contributed by atoms with Crippen molar-refractivity contribution in [3.63, 3.8) is 0 Å². The topological polar surface area (TPSA) is 68.8 Å². The lowest BCUT2D eigenvalue weighted by atomic mass is 9.91. The summed E-state index contributed by atoms with van der Waals surface area (Å²) in [6.07, 6.45) is 1.10. The maximum atomic E-state index is 12.5. The summed E-state index contributed by atoms with van der Waals surface area (Å²) in [4.78, 5) is 12.5. The Morgan fingerprint density at radius 1 is 1.33 bits per heavy atom. The Labute approximate surface area is 139 Å². The third-order valence-electron chi connectivity index (χ3n) is 4.14. The molecule has 1 aromatic carbocycles. The largest absolute Gasteiger partial charge is 0.497 e. The van der Waals surface area contributed by atoms with Crippen molar-refractivity contribution in [2.24, 2.45) is 0 Å². The summed E-state index contributed by atoms with van der Waals surface area (Å²) in [6, 6.07) is 4.47. The van der Waals surface area contributed by atoms with Crippen molar-refractivity contribution >= 4 is 5.91 Å². The van der Waals surface area contributed by atoms with E-state index < -0.39 is 12.2 Å². The Morgan fingerprint density at radius 3 is 2.62 bits per heavy atom. The molecule has 1 saturated heterocycles. The van der Waals surface area contributed by atoms with Gasteiger partial charge in [-0.2, -0.15) is 8.78 Å². The molecule has 1 aromatic rings. The van der Waals surface area contributed by atoms with E-state index in [1.807, 2.05) is 0 Å². The number of rotatable bonds is 7. The SMILES string of the molecule is COc1ccc(OC(F)F)c(CNC(=O)C2(OC)CCNCC2)c1. The average molecular weight is 344 g/mol. The highest BCUT2D eigenvalue weighted by atomic mass is 19.3. The Balaban J connectivity index is 2.10. The Morgan fingerprint density at radius 2 is 2.04 bits per heavy atom. The summed E-state index contributed by atoms with van der Waals surface area (Å²) in [5.41, 5.74) is -0.489. The first-order valence-corrected chi connectivity index (χ1v) is 7.66. The molecule has 0 atom stereocenters. The van der Waals surface area contributed by atoms with E-state index in [1.165, 1.54) is 26.4 Å². The highest BCUT2D eigenvalue weighted by molar-refractivity contribution is 5.85. The van der Waals surface area contributed by atoms with E-state index in [4.69, 9.17) is 9.47 Å². The molecule has 0 radical (unpaired) electrons. The number of piperidine rings is 1. The lowest BCUT2D eigenvalue weighted by molar-refractivity contribution is -0.146. The number of benzene rings is 1. The second-order valence-corrected chi connectivity index (χ2v) is 5.48. The molecule has 0 bridgehead atoms. The van der Waals surface area contributed by atoms with Crippen molar-refractivity contribution in [2.75, 3.05) is 27.3 Å². The molecule has 1 heterocycles. The van der Waals surface area contributed by atoms with Gasteiger partial charge in [-0.05, 0) is 44.1 Å². The van der Waals surface area contributed by atoms with E-state index in [-0.39, 0.29) is 18.2 Å². The maximum absolute atomic E-state index is 12.5. The summed E-state index contributed by atoms with van der Waals surface area (Å²) in [7, 11) is 2.97. The molecule has 8 heteroatoms. The zero-order valence-electron chi connectivity index (χ0n) is 13.7. The van der Waals surface area contributed by atoms with Crippen LogP contribution in [0.1, 0.15) is 18.4 Å². The van der Waals surface area contributed by atoms with Gasteiger partial charge in [0, 0.05) is 19.2 Å². The predicted molar refractivity (Wildman–Crippen MR) is 83.3 cm³/mol. The highest BCUT2D eigenvalue weighted by Gasteiger charge is 2.39. The monoisotopic (exact) mass is 344 g/mol. The zero-order chi connectivity index (χ0) is 17.6. The lowest BCUT2D eigenvalue weighted by Gasteiger charge is -2.34. The van der Waals surface area contributed by atoms with Crippen molar-refractivity contribution in [2.45, 2.75) is 31.6 Å². The van der Waals surface area contributed by atoms with Crippen LogP contribution < -0.4 is 20.1 Å². The van der Waals surface area contributed by atoms with Gasteiger partial charge in [0.25, 0.3) is 5.91 Å². The zero-order valence-corrected chi connectivity index (χ0v) is 13.7. The van der Waals surface area contributed by atoms with Crippen molar-refractivity contribution in [3.8, 4) is 11.5 Å². The summed E-state index contributed by atoms with van der Waals surface area (Å²) in [5.74, 6) is 0.226. The van der Waals surface area contributed by atoms with Crippen molar-refractivity contribution < 1.29 is 27.8 Å². The Bertz CT molecular complexity index is 563. The maximum Gasteiger partial charge on any atom is 0.387 e. The highest BCUT2D eigenvalue weighted by Crippen LogP contribution is 2.27. The molecule has 1 amide bonds. The van der Waals surface area contributed by atoms with Crippen LogP contribution in [0.2, 0.25) is 0 Å². The fourth-order valence-electron chi connectivity index (χ4n) is 2.72. The minimum absolute atomic E-state index is 0.00266. The van der Waals surface area contributed by atoms with E-state index >= 15 is 0 Å². The van der Waals surface area contributed by atoms with Crippen molar-refractivity contribution in [1.29, 1.82) is 0 Å². The number of methoxy groups -OCH3 is 2. The summed E-state index contributed by atoms with van der Waals surface area (Å²) in [5, 5.41) is 5.92. The van der Waals surface area contributed by atoms with Crippen LogP contribution in [0, 0.1) is 0 Å². The third kappa shape index (κ3) is 4.33. The molecule has 0 aliphatic carbocycles. The van der Waals surface area contributed by atoms with Gasteiger partial charge < -0.3 is 24.8 Å². The van der Waals surface area contributed by atoms with Gasteiger partial charge in [0.05, 0.1) is 7.11 Å². The number of halogens is 2. The van der Waals surface area contributed by atoms with Gasteiger partial charge in [-0.3, -0.25) is 4.79 Å². The molecule has 0 saturated carbocycles. The van der Waals surface area contributed by atoms with Crippen LogP contribution in [0.4, 0.5) is 8.78 Å². The number of carbonyl (C=O) groups is 1. The molecule has 0 spiro atoms. The molecule has 6 nitrogen and oxygen atoms in total. The number of amides is 1. The van der Waals surface area contributed by atoms with Gasteiger partial charge >= 0.3 is 6.61 Å². The summed E-state index contributed by atoms with van der Waals surface area (Å²) < 4.78 is 40.1. The first-order valence-electron chi connectivity index (χ1n) is 7.66. The van der Waals surface area contributed by atoms with E-state index in [9.17, 15) is 13.6 Å². The van der Waals surface area contributed by atoms with Crippen molar-refractivity contribution in [1.82, 2.24) is 10.6 Å². The first-order chi connectivity index (χ1) is 11.5. The van der Waals surface area contributed by atoms with Gasteiger partial charge in [0.15, 0.2) is 0 Å². The van der Waals surface area contributed by atoms with Gasteiger partial charge in [0.2, 0.25) is 0 Å². The molecule has 0 unspecified atom stereocenters. The Hall–Kier alpha value is -1.93. The molecular weight excluding hydrogens is 322 g/mol. The van der Waals surface area contributed by atoms with Gasteiger partial charge in [-0.15, -0.1) is 0 Å². The number of hydrogen-bond donors (Lipinski definition) is 2. The third-order valence-corrected chi connectivity index (χ3v) is 4.14. The smallest absolute Gasteiger partial charge is 0.387 e. The molecule has 0 aromatic heterocycles. The van der Waals surface area contributed by atoms with Gasteiger partial charge in [0.1, 0.15) is 17.1 Å². The molecule has 134 valence electrons. The predicted octanol–water partition coefficient (Wildman–Crippen LogP) is 1.68. The van der Waals surface area contributed by atoms with E-state index in [1.54, 1.807) is 6.07 Å². The summed E-state index contributed by atoms with van der Waals surface area (Å²) in [6.45, 7) is -1.54. The Kier molecular flexibility index (Phi) is 6.33. The van der Waals surface area contributed by atoms with Crippen LogP contribution >= 0.6 is 0 Å². The van der Waals surface area contributed by atoms with Crippen LogP contribution in [-0.4, -0.2) is 45.4 Å². The van der Waals surface area contributed by atoms with E-state index in [0.29, 0.717) is 37.2 Å².